The summed E-state index contributed by atoms with van der Waals surface area (Å²) in [6.07, 6.45) is 4.97. The zero-order valence-corrected chi connectivity index (χ0v) is 9.74. The van der Waals surface area contributed by atoms with Crippen molar-refractivity contribution in [2.24, 2.45) is 29.6 Å². The maximum Gasteiger partial charge on any atom is 0.0573 e. The highest BCUT2D eigenvalue weighted by Crippen LogP contribution is 2.48. The van der Waals surface area contributed by atoms with E-state index in [1.807, 2.05) is 0 Å². The molecule has 0 bridgehead atoms. The van der Waals surface area contributed by atoms with Gasteiger partial charge in [0.15, 0.2) is 0 Å². The molecule has 0 radical (unpaired) electrons. The molecule has 6 unspecified atom stereocenters. The van der Waals surface area contributed by atoms with E-state index in [9.17, 15) is 5.11 Å². The average molecular weight is 196 g/mol. The molecule has 82 valence electrons. The van der Waals surface area contributed by atoms with Crippen LogP contribution in [0.5, 0.6) is 0 Å². The highest BCUT2D eigenvalue weighted by atomic mass is 16.3. The zero-order chi connectivity index (χ0) is 10.3. The van der Waals surface area contributed by atoms with Crippen LogP contribution in [-0.4, -0.2) is 11.2 Å². The van der Waals surface area contributed by atoms with Crippen LogP contribution in [0, 0.1) is 29.6 Å². The molecule has 0 spiro atoms. The van der Waals surface area contributed by atoms with Crippen LogP contribution < -0.4 is 0 Å². The second-order valence-corrected chi connectivity index (χ2v) is 5.81. The molecule has 2 fully saturated rings. The summed E-state index contributed by atoms with van der Waals surface area (Å²) in [5.41, 5.74) is 0. The predicted molar refractivity (Wildman–Crippen MR) is 58.9 cm³/mol. The van der Waals surface area contributed by atoms with Crippen molar-refractivity contribution in [3.05, 3.63) is 0 Å². The first-order valence-electron chi connectivity index (χ1n) is 6.29. The fourth-order valence-electron chi connectivity index (χ4n) is 4.06. The molecule has 0 saturated heterocycles. The van der Waals surface area contributed by atoms with E-state index in [0.717, 1.165) is 30.1 Å². The van der Waals surface area contributed by atoms with Gasteiger partial charge in [-0.3, -0.25) is 0 Å². The van der Waals surface area contributed by atoms with Gasteiger partial charge in [0.05, 0.1) is 6.10 Å². The average Bonchev–Trinajstić information content (AvgIpc) is 2.16. The molecule has 0 amide bonds. The molecule has 1 N–H and O–H groups in total. The van der Waals surface area contributed by atoms with Crippen molar-refractivity contribution in [1.82, 2.24) is 0 Å². The zero-order valence-electron chi connectivity index (χ0n) is 9.74. The lowest BCUT2D eigenvalue weighted by Crippen LogP contribution is -2.46. The molecule has 0 heterocycles. The summed E-state index contributed by atoms with van der Waals surface area (Å²) in [5, 5.41) is 10.1. The van der Waals surface area contributed by atoms with E-state index in [4.69, 9.17) is 0 Å². The second-order valence-electron chi connectivity index (χ2n) is 5.81. The van der Waals surface area contributed by atoms with E-state index < -0.39 is 0 Å². The lowest BCUT2D eigenvalue weighted by Gasteiger charge is -2.49. The minimum absolute atomic E-state index is 0.00560. The van der Waals surface area contributed by atoms with Crippen molar-refractivity contribution in [1.29, 1.82) is 0 Å². The number of hydrogen-bond acceptors (Lipinski definition) is 1. The minimum Gasteiger partial charge on any atom is -0.393 e. The maximum absolute atomic E-state index is 10.1. The van der Waals surface area contributed by atoms with Crippen LogP contribution in [0.4, 0.5) is 0 Å². The fourth-order valence-corrected chi connectivity index (χ4v) is 4.06. The maximum atomic E-state index is 10.1. The van der Waals surface area contributed by atoms with Gasteiger partial charge in [0.1, 0.15) is 0 Å². The first-order chi connectivity index (χ1) is 6.61. The minimum atomic E-state index is -0.00560. The Morgan fingerprint density at radius 1 is 0.714 bits per heavy atom. The van der Waals surface area contributed by atoms with Gasteiger partial charge in [-0.05, 0) is 42.4 Å². The van der Waals surface area contributed by atoms with Gasteiger partial charge in [-0.2, -0.15) is 0 Å². The summed E-state index contributed by atoms with van der Waals surface area (Å²) in [4.78, 5) is 0. The largest absolute Gasteiger partial charge is 0.393 e. The molecular formula is C13H24O. The molecule has 1 heteroatoms. The number of aliphatic hydroxyl groups excluding tert-OH is 1. The van der Waals surface area contributed by atoms with Crippen LogP contribution >= 0.6 is 0 Å². The van der Waals surface area contributed by atoms with Crippen LogP contribution in [-0.2, 0) is 0 Å². The molecule has 2 rings (SSSR count). The lowest BCUT2D eigenvalue weighted by atomic mass is 9.57. The quantitative estimate of drug-likeness (QED) is 0.631. The molecule has 2 aliphatic rings. The van der Waals surface area contributed by atoms with Gasteiger partial charge in [0.25, 0.3) is 0 Å². The monoisotopic (exact) mass is 196 g/mol. The van der Waals surface area contributed by atoms with Gasteiger partial charge < -0.3 is 5.11 Å². The van der Waals surface area contributed by atoms with E-state index in [1.54, 1.807) is 0 Å². The first-order valence-corrected chi connectivity index (χ1v) is 6.29. The Hall–Kier alpha value is -0.0400. The van der Waals surface area contributed by atoms with Crippen molar-refractivity contribution in [2.75, 3.05) is 0 Å². The van der Waals surface area contributed by atoms with Crippen LogP contribution in [0.1, 0.15) is 46.5 Å². The smallest absolute Gasteiger partial charge is 0.0573 e. The number of hydrogen-bond donors (Lipinski definition) is 1. The Balaban J connectivity index is 2.19. The predicted octanol–water partition coefficient (Wildman–Crippen LogP) is 3.08. The normalized spacial score (nSPS) is 54.0. The van der Waals surface area contributed by atoms with Crippen LogP contribution in [0.15, 0.2) is 0 Å². The molecule has 2 saturated carbocycles. The topological polar surface area (TPSA) is 20.2 Å². The third-order valence-corrected chi connectivity index (χ3v) is 4.86. The van der Waals surface area contributed by atoms with Gasteiger partial charge in [-0.25, -0.2) is 0 Å². The fraction of sp³-hybridized carbons (Fsp3) is 1.00. The molecule has 1 nitrogen and oxygen atoms in total. The third kappa shape index (κ3) is 1.60. The van der Waals surface area contributed by atoms with Crippen molar-refractivity contribution in [3.63, 3.8) is 0 Å². The molecular weight excluding hydrogens is 172 g/mol. The van der Waals surface area contributed by atoms with Crippen molar-refractivity contribution in [3.8, 4) is 0 Å². The summed E-state index contributed by atoms with van der Waals surface area (Å²) >= 11 is 0. The van der Waals surface area contributed by atoms with Gasteiger partial charge >= 0.3 is 0 Å². The summed E-state index contributed by atoms with van der Waals surface area (Å²) in [6.45, 7) is 7.11. The summed E-state index contributed by atoms with van der Waals surface area (Å²) in [5.74, 6) is 3.81. The molecule has 2 aliphatic carbocycles. The molecule has 0 aromatic heterocycles. The van der Waals surface area contributed by atoms with Crippen LogP contribution in [0.25, 0.3) is 0 Å². The van der Waals surface area contributed by atoms with Crippen LogP contribution in [0.3, 0.4) is 0 Å². The summed E-state index contributed by atoms with van der Waals surface area (Å²) in [7, 11) is 0. The second kappa shape index (κ2) is 3.84. The lowest BCUT2D eigenvalue weighted by molar-refractivity contribution is -0.0653. The Bertz CT molecular complexity index is 159. The number of fused-ring (bicyclic) bond motifs is 1. The van der Waals surface area contributed by atoms with Gasteiger partial charge in [-0.15, -0.1) is 0 Å². The van der Waals surface area contributed by atoms with Gasteiger partial charge in [-0.1, -0.05) is 33.6 Å². The standard InChI is InChI=1S/C13H24O/c1-8-4-5-10(3)13-11(14)7-6-9(2)12(8)13/h8-14H,4-7H2,1-3H3. The molecule has 14 heavy (non-hydrogen) atoms. The summed E-state index contributed by atoms with van der Waals surface area (Å²) in [6, 6.07) is 0. The Morgan fingerprint density at radius 3 is 1.64 bits per heavy atom. The van der Waals surface area contributed by atoms with Crippen molar-refractivity contribution < 1.29 is 5.11 Å². The van der Waals surface area contributed by atoms with E-state index in [2.05, 4.69) is 20.8 Å². The van der Waals surface area contributed by atoms with E-state index in [1.165, 1.54) is 19.3 Å². The van der Waals surface area contributed by atoms with Crippen molar-refractivity contribution in [2.45, 2.75) is 52.6 Å². The Kier molecular flexibility index (Phi) is 2.88. The van der Waals surface area contributed by atoms with E-state index >= 15 is 0 Å². The SMILES string of the molecule is CC1CCC(C)C2C(O)CCC(C)C12. The van der Waals surface area contributed by atoms with Gasteiger partial charge in [0, 0.05) is 0 Å². The van der Waals surface area contributed by atoms with Crippen LogP contribution in [0.2, 0.25) is 0 Å². The highest BCUT2D eigenvalue weighted by Gasteiger charge is 2.44. The Morgan fingerprint density at radius 2 is 1.14 bits per heavy atom. The molecule has 6 atom stereocenters. The number of aliphatic hydroxyl groups is 1. The highest BCUT2D eigenvalue weighted by molar-refractivity contribution is 4.93. The first kappa shape index (κ1) is 10.5. The van der Waals surface area contributed by atoms with E-state index in [0.29, 0.717) is 5.92 Å². The molecule has 0 aromatic carbocycles. The van der Waals surface area contributed by atoms with E-state index in [-0.39, 0.29) is 6.10 Å². The molecule has 0 aliphatic heterocycles. The Labute approximate surface area is 87.9 Å². The van der Waals surface area contributed by atoms with Crippen molar-refractivity contribution >= 4 is 0 Å². The molecule has 0 aromatic rings. The number of rotatable bonds is 0. The van der Waals surface area contributed by atoms with Gasteiger partial charge in [0.2, 0.25) is 0 Å². The summed E-state index contributed by atoms with van der Waals surface area (Å²) < 4.78 is 0. The third-order valence-electron chi connectivity index (χ3n) is 4.86.